The third-order valence-corrected chi connectivity index (χ3v) is 6.39. The van der Waals surface area contributed by atoms with Gasteiger partial charge in [-0.2, -0.15) is 0 Å². The average Bonchev–Trinajstić information content (AvgIpc) is 3.20. The number of rotatable bonds is 7. The number of hydrogen-bond acceptors (Lipinski definition) is 6. The van der Waals surface area contributed by atoms with Gasteiger partial charge in [0.15, 0.2) is 10.1 Å². The molecule has 136 valence electrons. The summed E-state index contributed by atoms with van der Waals surface area (Å²) in [7, 11) is 1.98. The smallest absolute Gasteiger partial charge is 0.210 e. The van der Waals surface area contributed by atoms with Crippen molar-refractivity contribution in [1.82, 2.24) is 14.8 Å². The summed E-state index contributed by atoms with van der Waals surface area (Å²) in [5.41, 5.74) is 5.17. The second-order valence-corrected chi connectivity index (χ2v) is 8.30. The second-order valence-electron chi connectivity index (χ2n) is 6.10. The lowest BCUT2D eigenvalue weighted by atomic mass is 10.1. The standard InChI is InChI=1S/C19H22N4OS2/c1-5-14-6-8-15(9-7-14)20-18-21-22-19(26-18)25-11-17(24)16-10-12(2)23(4)13(16)3/h6-10H,5,11H2,1-4H3,(H,20,21). The quantitative estimate of drug-likeness (QED) is 0.468. The lowest BCUT2D eigenvalue weighted by Gasteiger charge is -2.02. The maximum atomic E-state index is 12.5. The second kappa shape index (κ2) is 8.05. The van der Waals surface area contributed by atoms with E-state index in [4.69, 9.17) is 0 Å². The average molecular weight is 387 g/mol. The summed E-state index contributed by atoms with van der Waals surface area (Å²) in [4.78, 5) is 12.5. The van der Waals surface area contributed by atoms with Gasteiger partial charge in [-0.15, -0.1) is 10.2 Å². The fourth-order valence-electron chi connectivity index (χ4n) is 2.61. The molecule has 0 bridgehead atoms. The van der Waals surface area contributed by atoms with Crippen LogP contribution in [-0.2, 0) is 13.5 Å². The van der Waals surface area contributed by atoms with E-state index in [1.54, 1.807) is 0 Å². The van der Waals surface area contributed by atoms with Crippen molar-refractivity contribution in [2.24, 2.45) is 7.05 Å². The zero-order valence-electron chi connectivity index (χ0n) is 15.4. The van der Waals surface area contributed by atoms with Crippen molar-refractivity contribution < 1.29 is 4.79 Å². The molecule has 0 aliphatic carbocycles. The fourth-order valence-corrected chi connectivity index (χ4v) is 4.26. The van der Waals surface area contributed by atoms with E-state index in [1.165, 1.54) is 28.7 Å². The van der Waals surface area contributed by atoms with Gasteiger partial charge in [-0.3, -0.25) is 4.79 Å². The number of ketones is 1. The first-order valence-electron chi connectivity index (χ1n) is 8.46. The first kappa shape index (κ1) is 18.7. The molecule has 5 nitrogen and oxygen atoms in total. The summed E-state index contributed by atoms with van der Waals surface area (Å²) < 4.78 is 2.82. The van der Waals surface area contributed by atoms with Gasteiger partial charge in [0.25, 0.3) is 0 Å². The zero-order chi connectivity index (χ0) is 18.7. The molecule has 2 aromatic heterocycles. The van der Waals surface area contributed by atoms with Crippen LogP contribution in [0.5, 0.6) is 0 Å². The minimum Gasteiger partial charge on any atom is -0.351 e. The number of aryl methyl sites for hydroxylation is 2. The van der Waals surface area contributed by atoms with Crippen LogP contribution in [0.1, 0.15) is 34.2 Å². The van der Waals surface area contributed by atoms with Crippen molar-refractivity contribution in [3.8, 4) is 0 Å². The topological polar surface area (TPSA) is 59.8 Å². The molecule has 26 heavy (non-hydrogen) atoms. The molecule has 0 saturated heterocycles. The van der Waals surface area contributed by atoms with Crippen molar-refractivity contribution in [2.45, 2.75) is 31.5 Å². The Morgan fingerprint density at radius 3 is 2.58 bits per heavy atom. The summed E-state index contributed by atoms with van der Waals surface area (Å²) in [5.74, 6) is 0.487. The highest BCUT2D eigenvalue weighted by Gasteiger charge is 2.15. The van der Waals surface area contributed by atoms with E-state index in [0.717, 1.165) is 38.5 Å². The van der Waals surface area contributed by atoms with Crippen molar-refractivity contribution in [3.05, 3.63) is 52.8 Å². The Balaban J connectivity index is 1.59. The van der Waals surface area contributed by atoms with Gasteiger partial charge in [0.2, 0.25) is 5.13 Å². The third-order valence-electron chi connectivity index (χ3n) is 4.42. The van der Waals surface area contributed by atoms with Crippen molar-refractivity contribution in [1.29, 1.82) is 0 Å². The molecule has 3 aromatic rings. The molecule has 3 rings (SSSR count). The SMILES string of the molecule is CCc1ccc(Nc2nnc(SCC(=O)c3cc(C)n(C)c3C)s2)cc1. The van der Waals surface area contributed by atoms with Crippen LogP contribution < -0.4 is 5.32 Å². The minimum atomic E-state index is 0.121. The molecular formula is C19H22N4OS2. The molecule has 0 fully saturated rings. The Hall–Kier alpha value is -2.12. The van der Waals surface area contributed by atoms with E-state index in [0.29, 0.717) is 5.75 Å². The molecule has 7 heteroatoms. The summed E-state index contributed by atoms with van der Waals surface area (Å²) in [5, 5.41) is 12.3. The Kier molecular flexibility index (Phi) is 5.78. The minimum absolute atomic E-state index is 0.121. The van der Waals surface area contributed by atoms with E-state index in [9.17, 15) is 4.79 Å². The van der Waals surface area contributed by atoms with Gasteiger partial charge in [0.1, 0.15) is 0 Å². The summed E-state index contributed by atoms with van der Waals surface area (Å²) in [6.45, 7) is 6.12. The van der Waals surface area contributed by atoms with Crippen LogP contribution in [0.15, 0.2) is 34.7 Å². The molecule has 0 spiro atoms. The molecule has 0 amide bonds. The van der Waals surface area contributed by atoms with Crippen LogP contribution in [0.2, 0.25) is 0 Å². The van der Waals surface area contributed by atoms with Crippen LogP contribution in [0.4, 0.5) is 10.8 Å². The number of Topliss-reactive ketones (excluding diaryl/α,β-unsaturated/α-hetero) is 1. The number of thioether (sulfide) groups is 1. The summed E-state index contributed by atoms with van der Waals surface area (Å²) in [6.07, 6.45) is 1.02. The van der Waals surface area contributed by atoms with E-state index in [1.807, 2.05) is 43.7 Å². The van der Waals surface area contributed by atoms with Crippen molar-refractivity contribution in [2.75, 3.05) is 11.1 Å². The highest BCUT2D eigenvalue weighted by atomic mass is 32.2. The Bertz CT molecular complexity index is 912. The summed E-state index contributed by atoms with van der Waals surface area (Å²) >= 11 is 2.89. The summed E-state index contributed by atoms with van der Waals surface area (Å²) in [6, 6.07) is 10.2. The van der Waals surface area contributed by atoms with Gasteiger partial charge >= 0.3 is 0 Å². The number of nitrogens with one attached hydrogen (secondary N) is 1. The lowest BCUT2D eigenvalue weighted by Crippen LogP contribution is -2.04. The molecule has 1 aromatic carbocycles. The van der Waals surface area contributed by atoms with Crippen LogP contribution >= 0.6 is 23.1 Å². The van der Waals surface area contributed by atoms with Gasteiger partial charge in [-0.25, -0.2) is 0 Å². The van der Waals surface area contributed by atoms with Gasteiger partial charge in [-0.1, -0.05) is 42.2 Å². The Morgan fingerprint density at radius 1 is 1.23 bits per heavy atom. The largest absolute Gasteiger partial charge is 0.351 e. The predicted molar refractivity (Wildman–Crippen MR) is 109 cm³/mol. The fraction of sp³-hybridized carbons (Fsp3) is 0.316. The Morgan fingerprint density at radius 2 is 1.96 bits per heavy atom. The number of nitrogens with zero attached hydrogens (tertiary/aromatic N) is 3. The number of anilines is 2. The molecular weight excluding hydrogens is 364 g/mol. The van der Waals surface area contributed by atoms with Crippen LogP contribution in [0.25, 0.3) is 0 Å². The third kappa shape index (κ3) is 4.16. The van der Waals surface area contributed by atoms with E-state index in [-0.39, 0.29) is 5.78 Å². The molecule has 0 atom stereocenters. The normalized spacial score (nSPS) is 10.9. The highest BCUT2D eigenvalue weighted by Crippen LogP contribution is 2.28. The number of aromatic nitrogens is 3. The molecule has 2 heterocycles. The molecule has 0 saturated carbocycles. The maximum absolute atomic E-state index is 12.5. The van der Waals surface area contributed by atoms with Gasteiger partial charge in [-0.05, 0) is 44.0 Å². The van der Waals surface area contributed by atoms with Gasteiger partial charge in [0.05, 0.1) is 5.75 Å². The maximum Gasteiger partial charge on any atom is 0.210 e. The first-order chi connectivity index (χ1) is 12.5. The molecule has 0 aliphatic heterocycles. The zero-order valence-corrected chi connectivity index (χ0v) is 17.0. The molecule has 1 N–H and O–H groups in total. The number of carbonyl (C=O) groups is 1. The Labute approximate surface area is 161 Å². The predicted octanol–water partition coefficient (Wildman–Crippen LogP) is 4.77. The monoisotopic (exact) mass is 386 g/mol. The number of hydrogen-bond donors (Lipinski definition) is 1. The van der Waals surface area contributed by atoms with Gasteiger partial charge in [0, 0.05) is 29.7 Å². The first-order valence-corrected chi connectivity index (χ1v) is 10.3. The van der Waals surface area contributed by atoms with E-state index >= 15 is 0 Å². The number of benzene rings is 1. The number of carbonyl (C=O) groups excluding carboxylic acids is 1. The lowest BCUT2D eigenvalue weighted by molar-refractivity contribution is 0.102. The van der Waals surface area contributed by atoms with Crippen LogP contribution in [0, 0.1) is 13.8 Å². The van der Waals surface area contributed by atoms with E-state index < -0.39 is 0 Å². The van der Waals surface area contributed by atoms with Crippen molar-refractivity contribution >= 4 is 39.7 Å². The van der Waals surface area contributed by atoms with Crippen molar-refractivity contribution in [3.63, 3.8) is 0 Å². The molecule has 0 aliphatic rings. The van der Waals surface area contributed by atoms with Crippen LogP contribution in [-0.4, -0.2) is 26.3 Å². The molecule has 0 unspecified atom stereocenters. The van der Waals surface area contributed by atoms with Gasteiger partial charge < -0.3 is 9.88 Å². The van der Waals surface area contributed by atoms with E-state index in [2.05, 4.69) is 34.6 Å². The molecule has 0 radical (unpaired) electrons. The van der Waals surface area contributed by atoms with Crippen LogP contribution in [0.3, 0.4) is 0 Å². The highest BCUT2D eigenvalue weighted by molar-refractivity contribution is 8.01.